The van der Waals surface area contributed by atoms with Crippen molar-refractivity contribution in [1.82, 2.24) is 30.1 Å². The number of amides is 1. The third-order valence-electron chi connectivity index (χ3n) is 3.58. The zero-order chi connectivity index (χ0) is 13.7. The number of nitrogens with zero attached hydrogens (tertiary/aromatic N) is 5. The zero-order valence-corrected chi connectivity index (χ0v) is 11.6. The largest absolute Gasteiger partial charge is 0.353 e. The molecule has 19 heavy (non-hydrogen) atoms. The molecule has 0 radical (unpaired) electrons. The van der Waals surface area contributed by atoms with Crippen LogP contribution in [0.3, 0.4) is 0 Å². The van der Waals surface area contributed by atoms with Crippen LogP contribution in [-0.4, -0.2) is 76.5 Å². The van der Waals surface area contributed by atoms with Crippen LogP contribution in [0.25, 0.3) is 0 Å². The van der Waals surface area contributed by atoms with Gasteiger partial charge in [0, 0.05) is 38.9 Å². The summed E-state index contributed by atoms with van der Waals surface area (Å²) in [6, 6.07) is -0.0653. The Hall–Kier alpha value is -1.47. The van der Waals surface area contributed by atoms with E-state index in [1.807, 2.05) is 6.92 Å². The molecule has 0 aliphatic carbocycles. The highest BCUT2D eigenvalue weighted by molar-refractivity contribution is 5.81. The number of rotatable bonds is 5. The van der Waals surface area contributed by atoms with Crippen molar-refractivity contribution in [3.8, 4) is 0 Å². The SMILES string of the molecule is C[C@@H](C(=O)NCCn1ccnn1)N1CCN(C)CC1. The van der Waals surface area contributed by atoms with Gasteiger partial charge in [0.2, 0.25) is 5.91 Å². The predicted octanol–water partition coefficient (Wildman–Crippen LogP) is -0.970. The summed E-state index contributed by atoms with van der Waals surface area (Å²) in [5.74, 6) is 0.0877. The second-order valence-corrected chi connectivity index (χ2v) is 4.97. The van der Waals surface area contributed by atoms with Crippen LogP contribution in [0.4, 0.5) is 0 Å². The molecule has 1 atom stereocenters. The first-order chi connectivity index (χ1) is 9.16. The van der Waals surface area contributed by atoms with Gasteiger partial charge in [0.25, 0.3) is 0 Å². The minimum atomic E-state index is -0.0653. The average molecular weight is 266 g/mol. The van der Waals surface area contributed by atoms with Crippen molar-refractivity contribution >= 4 is 5.91 Å². The Morgan fingerprint density at radius 3 is 2.74 bits per heavy atom. The van der Waals surface area contributed by atoms with Gasteiger partial charge in [-0.15, -0.1) is 5.10 Å². The minimum Gasteiger partial charge on any atom is -0.353 e. The molecule has 2 heterocycles. The maximum absolute atomic E-state index is 12.0. The standard InChI is InChI=1S/C12H22N6O/c1-11(17-9-7-16(2)8-10-17)12(19)13-3-5-18-6-4-14-15-18/h4,6,11H,3,5,7-10H2,1-2H3,(H,13,19)/t11-/m0/s1. The third-order valence-corrected chi connectivity index (χ3v) is 3.58. The van der Waals surface area contributed by atoms with E-state index in [2.05, 4.69) is 32.5 Å². The van der Waals surface area contributed by atoms with Crippen LogP contribution in [0.5, 0.6) is 0 Å². The van der Waals surface area contributed by atoms with Gasteiger partial charge in [-0.2, -0.15) is 0 Å². The summed E-state index contributed by atoms with van der Waals surface area (Å²) in [5.41, 5.74) is 0. The fraction of sp³-hybridized carbons (Fsp3) is 0.750. The van der Waals surface area contributed by atoms with Crippen LogP contribution in [0.1, 0.15) is 6.92 Å². The summed E-state index contributed by atoms with van der Waals surface area (Å²) in [4.78, 5) is 16.6. The van der Waals surface area contributed by atoms with Crippen molar-refractivity contribution in [2.75, 3.05) is 39.8 Å². The van der Waals surface area contributed by atoms with Crippen molar-refractivity contribution in [3.63, 3.8) is 0 Å². The number of nitrogens with one attached hydrogen (secondary N) is 1. The molecular formula is C12H22N6O. The summed E-state index contributed by atoms with van der Waals surface area (Å²) >= 11 is 0. The molecule has 0 bridgehead atoms. The summed E-state index contributed by atoms with van der Waals surface area (Å²) in [5, 5.41) is 10.5. The van der Waals surface area contributed by atoms with Crippen LogP contribution >= 0.6 is 0 Å². The molecular weight excluding hydrogens is 244 g/mol. The second-order valence-electron chi connectivity index (χ2n) is 4.97. The van der Waals surface area contributed by atoms with Gasteiger partial charge in [-0.1, -0.05) is 5.21 Å². The number of hydrogen-bond donors (Lipinski definition) is 1. The van der Waals surface area contributed by atoms with Gasteiger partial charge in [-0.05, 0) is 14.0 Å². The highest BCUT2D eigenvalue weighted by atomic mass is 16.2. The van der Waals surface area contributed by atoms with Crippen molar-refractivity contribution in [3.05, 3.63) is 12.4 Å². The normalized spacial score (nSPS) is 19.3. The summed E-state index contributed by atoms with van der Waals surface area (Å²) in [6.45, 7) is 7.16. The molecule has 106 valence electrons. The molecule has 0 unspecified atom stereocenters. The number of hydrogen-bond acceptors (Lipinski definition) is 5. The molecule has 2 rings (SSSR count). The Kier molecular flexibility index (Phi) is 4.86. The van der Waals surface area contributed by atoms with Gasteiger partial charge < -0.3 is 10.2 Å². The molecule has 0 spiro atoms. The van der Waals surface area contributed by atoms with E-state index >= 15 is 0 Å². The summed E-state index contributed by atoms with van der Waals surface area (Å²) in [7, 11) is 2.11. The molecule has 1 N–H and O–H groups in total. The van der Waals surface area contributed by atoms with Gasteiger partial charge in [0.1, 0.15) is 0 Å². The second kappa shape index (κ2) is 6.63. The van der Waals surface area contributed by atoms with Crippen LogP contribution in [0.15, 0.2) is 12.4 Å². The van der Waals surface area contributed by atoms with Gasteiger partial charge in [0.15, 0.2) is 0 Å². The lowest BCUT2D eigenvalue weighted by Crippen LogP contribution is -2.53. The number of likely N-dealkylation sites (N-methyl/N-ethyl adjacent to an activating group) is 1. The van der Waals surface area contributed by atoms with E-state index in [0.717, 1.165) is 26.2 Å². The molecule has 1 aromatic heterocycles. The van der Waals surface area contributed by atoms with Crippen LogP contribution in [0.2, 0.25) is 0 Å². The Morgan fingerprint density at radius 2 is 2.11 bits per heavy atom. The number of piperazine rings is 1. The molecule has 0 aromatic carbocycles. The first-order valence-corrected chi connectivity index (χ1v) is 6.71. The molecule has 0 saturated carbocycles. The molecule has 1 aromatic rings. The fourth-order valence-electron chi connectivity index (χ4n) is 2.17. The Balaban J connectivity index is 1.70. The fourth-order valence-corrected chi connectivity index (χ4v) is 2.17. The molecule has 1 amide bonds. The van der Waals surface area contributed by atoms with Crippen LogP contribution in [0, 0.1) is 0 Å². The Morgan fingerprint density at radius 1 is 1.37 bits per heavy atom. The van der Waals surface area contributed by atoms with Gasteiger partial charge in [-0.3, -0.25) is 14.4 Å². The van der Waals surface area contributed by atoms with E-state index in [-0.39, 0.29) is 11.9 Å². The number of aromatic nitrogens is 3. The zero-order valence-electron chi connectivity index (χ0n) is 11.6. The minimum absolute atomic E-state index is 0.0653. The monoisotopic (exact) mass is 266 g/mol. The van der Waals surface area contributed by atoms with Crippen LogP contribution in [-0.2, 0) is 11.3 Å². The summed E-state index contributed by atoms with van der Waals surface area (Å²) in [6.07, 6.45) is 3.42. The predicted molar refractivity (Wildman–Crippen MR) is 71.6 cm³/mol. The van der Waals surface area contributed by atoms with E-state index < -0.39 is 0 Å². The highest BCUT2D eigenvalue weighted by Crippen LogP contribution is 2.04. The molecule has 7 nitrogen and oxygen atoms in total. The van der Waals surface area contributed by atoms with Crippen molar-refractivity contribution in [2.24, 2.45) is 0 Å². The van der Waals surface area contributed by atoms with E-state index in [9.17, 15) is 4.79 Å². The Bertz CT molecular complexity index is 385. The van der Waals surface area contributed by atoms with Crippen molar-refractivity contribution in [1.29, 1.82) is 0 Å². The molecule has 1 fully saturated rings. The van der Waals surface area contributed by atoms with E-state index in [4.69, 9.17) is 0 Å². The molecule has 1 aliphatic heterocycles. The lowest BCUT2D eigenvalue weighted by atomic mass is 10.2. The van der Waals surface area contributed by atoms with E-state index in [1.54, 1.807) is 17.1 Å². The van der Waals surface area contributed by atoms with Crippen molar-refractivity contribution < 1.29 is 4.79 Å². The topological polar surface area (TPSA) is 66.3 Å². The quantitative estimate of drug-likeness (QED) is 0.743. The molecule has 7 heteroatoms. The van der Waals surface area contributed by atoms with Gasteiger partial charge in [-0.25, -0.2) is 0 Å². The van der Waals surface area contributed by atoms with Gasteiger partial charge in [0.05, 0.1) is 18.8 Å². The molecule has 1 aliphatic rings. The molecule has 1 saturated heterocycles. The van der Waals surface area contributed by atoms with E-state index in [1.165, 1.54) is 0 Å². The lowest BCUT2D eigenvalue weighted by molar-refractivity contribution is -0.126. The third kappa shape index (κ3) is 4.00. The maximum atomic E-state index is 12.0. The number of carbonyl (C=O) groups excluding carboxylic acids is 1. The Labute approximate surface area is 113 Å². The smallest absolute Gasteiger partial charge is 0.237 e. The number of carbonyl (C=O) groups is 1. The average Bonchev–Trinajstić information content (AvgIpc) is 2.92. The van der Waals surface area contributed by atoms with E-state index in [0.29, 0.717) is 13.1 Å². The lowest BCUT2D eigenvalue weighted by Gasteiger charge is -2.35. The highest BCUT2D eigenvalue weighted by Gasteiger charge is 2.23. The van der Waals surface area contributed by atoms with Gasteiger partial charge >= 0.3 is 0 Å². The first kappa shape index (κ1) is 14.0. The van der Waals surface area contributed by atoms with Crippen LogP contribution < -0.4 is 5.32 Å². The maximum Gasteiger partial charge on any atom is 0.237 e. The van der Waals surface area contributed by atoms with Crippen molar-refractivity contribution in [2.45, 2.75) is 19.5 Å². The first-order valence-electron chi connectivity index (χ1n) is 6.71. The summed E-state index contributed by atoms with van der Waals surface area (Å²) < 4.78 is 1.71.